The maximum Gasteiger partial charge on any atom is 0.247 e. The second-order valence-electron chi connectivity index (χ2n) is 6.74. The van der Waals surface area contributed by atoms with Gasteiger partial charge >= 0.3 is 0 Å². The minimum atomic E-state index is -3.52. The number of carbonyl (C=O) groups excluding carboxylic acids is 1. The number of phenols is 1. The molecule has 2 aromatic carbocycles. The number of nitrogens with one attached hydrogen (secondary N) is 2. The SMILES string of the molecule is C=CC(=O)Nc1ccc(-n2nc(C)cc2C)cc1.CN=Nc1cc(S(=O)(=O)NC)ccc1O. The Bertz CT molecular complexity index is 1260. The van der Waals surface area contributed by atoms with Crippen molar-refractivity contribution in [3.63, 3.8) is 0 Å². The number of azo groups is 1. The van der Waals surface area contributed by atoms with Gasteiger partial charge in [0.05, 0.1) is 16.3 Å². The lowest BCUT2D eigenvalue weighted by Crippen LogP contribution is -2.18. The molecule has 0 saturated heterocycles. The monoisotopic (exact) mass is 470 g/mol. The van der Waals surface area contributed by atoms with Crippen molar-refractivity contribution >= 4 is 27.3 Å². The van der Waals surface area contributed by atoms with Crippen molar-refractivity contribution in [1.29, 1.82) is 0 Å². The molecule has 0 bridgehead atoms. The van der Waals surface area contributed by atoms with Gasteiger partial charge in [-0.3, -0.25) is 4.79 Å². The lowest BCUT2D eigenvalue weighted by Gasteiger charge is -2.06. The Hall–Kier alpha value is -3.83. The van der Waals surface area contributed by atoms with Crippen LogP contribution in [-0.4, -0.2) is 43.3 Å². The molecular weight excluding hydrogens is 444 g/mol. The van der Waals surface area contributed by atoms with E-state index < -0.39 is 10.0 Å². The number of phenolic OH excluding ortho intramolecular Hbond substituents is 1. The van der Waals surface area contributed by atoms with E-state index in [-0.39, 0.29) is 22.2 Å². The highest BCUT2D eigenvalue weighted by Gasteiger charge is 2.13. The van der Waals surface area contributed by atoms with Crippen LogP contribution in [0.15, 0.2) is 76.3 Å². The first-order chi connectivity index (χ1) is 15.6. The third-order valence-corrected chi connectivity index (χ3v) is 5.72. The van der Waals surface area contributed by atoms with E-state index in [2.05, 4.69) is 31.9 Å². The number of aromatic nitrogens is 2. The molecule has 3 aromatic rings. The van der Waals surface area contributed by atoms with Crippen LogP contribution in [0.2, 0.25) is 0 Å². The average Bonchev–Trinajstić information content (AvgIpc) is 3.14. The van der Waals surface area contributed by atoms with Crippen LogP contribution in [0.1, 0.15) is 11.4 Å². The van der Waals surface area contributed by atoms with Gasteiger partial charge in [-0.1, -0.05) is 6.58 Å². The number of hydrogen-bond donors (Lipinski definition) is 3. The highest BCUT2D eigenvalue weighted by Crippen LogP contribution is 2.29. The minimum absolute atomic E-state index is 0.0326. The summed E-state index contributed by atoms with van der Waals surface area (Å²) in [6.45, 7) is 7.38. The molecule has 1 amide bonds. The molecule has 0 aliphatic carbocycles. The molecule has 11 heteroatoms. The van der Waals surface area contributed by atoms with Gasteiger partial charge in [-0.15, -0.1) is 0 Å². The van der Waals surface area contributed by atoms with Crippen molar-refractivity contribution in [2.24, 2.45) is 10.2 Å². The molecular formula is C22H26N6O4S. The van der Waals surface area contributed by atoms with E-state index >= 15 is 0 Å². The first kappa shape index (κ1) is 25.4. The molecule has 10 nitrogen and oxygen atoms in total. The fourth-order valence-corrected chi connectivity index (χ4v) is 3.50. The molecule has 0 radical (unpaired) electrons. The zero-order valence-electron chi connectivity index (χ0n) is 18.8. The van der Waals surface area contributed by atoms with Crippen molar-refractivity contribution in [1.82, 2.24) is 14.5 Å². The Morgan fingerprint density at radius 3 is 2.33 bits per heavy atom. The van der Waals surface area contributed by atoms with E-state index in [1.807, 2.05) is 48.9 Å². The summed E-state index contributed by atoms with van der Waals surface area (Å²) in [5, 5.41) is 23.5. The Balaban J connectivity index is 0.000000238. The smallest absolute Gasteiger partial charge is 0.247 e. The van der Waals surface area contributed by atoms with Gasteiger partial charge in [0.25, 0.3) is 0 Å². The van der Waals surface area contributed by atoms with Crippen LogP contribution in [0, 0.1) is 13.8 Å². The number of carbonyl (C=O) groups is 1. The second kappa shape index (κ2) is 11.2. The quantitative estimate of drug-likeness (QED) is 0.373. The first-order valence-electron chi connectivity index (χ1n) is 9.74. The molecule has 3 rings (SSSR count). The Morgan fingerprint density at radius 1 is 1.15 bits per heavy atom. The molecule has 1 heterocycles. The van der Waals surface area contributed by atoms with E-state index in [1.165, 1.54) is 38.4 Å². The normalized spacial score (nSPS) is 11.0. The molecule has 0 atom stereocenters. The van der Waals surface area contributed by atoms with Gasteiger partial charge in [0.2, 0.25) is 15.9 Å². The summed E-state index contributed by atoms with van der Waals surface area (Å²) >= 11 is 0. The van der Waals surface area contributed by atoms with Crippen molar-refractivity contribution < 1.29 is 18.3 Å². The van der Waals surface area contributed by atoms with Crippen LogP contribution in [0.4, 0.5) is 11.4 Å². The molecule has 0 aliphatic rings. The number of rotatable bonds is 6. The van der Waals surface area contributed by atoms with Gasteiger partial charge in [0.1, 0.15) is 11.4 Å². The number of hydrogen-bond acceptors (Lipinski definition) is 7. The van der Waals surface area contributed by atoms with Gasteiger partial charge in [0, 0.05) is 18.4 Å². The zero-order chi connectivity index (χ0) is 24.6. The van der Waals surface area contributed by atoms with Crippen LogP contribution in [0.5, 0.6) is 5.75 Å². The van der Waals surface area contributed by atoms with Crippen LogP contribution in [0.25, 0.3) is 5.69 Å². The van der Waals surface area contributed by atoms with Crippen LogP contribution in [0.3, 0.4) is 0 Å². The number of nitrogens with zero attached hydrogens (tertiary/aromatic N) is 4. The molecule has 1 aromatic heterocycles. The van der Waals surface area contributed by atoms with Crippen LogP contribution >= 0.6 is 0 Å². The van der Waals surface area contributed by atoms with E-state index in [9.17, 15) is 18.3 Å². The molecule has 0 spiro atoms. The van der Waals surface area contributed by atoms with Gasteiger partial charge in [0.15, 0.2) is 0 Å². The largest absolute Gasteiger partial charge is 0.506 e. The van der Waals surface area contributed by atoms with Crippen molar-refractivity contribution in [2.75, 3.05) is 19.4 Å². The topological polar surface area (TPSA) is 138 Å². The summed E-state index contributed by atoms with van der Waals surface area (Å²) in [5.41, 5.74) is 3.89. The number of amides is 1. The van der Waals surface area contributed by atoms with Gasteiger partial charge in [-0.2, -0.15) is 15.3 Å². The maximum atomic E-state index is 11.4. The van der Waals surface area contributed by atoms with Gasteiger partial charge in [-0.25, -0.2) is 17.8 Å². The zero-order valence-corrected chi connectivity index (χ0v) is 19.6. The molecule has 0 saturated carbocycles. The Kier molecular flexibility index (Phi) is 8.60. The summed E-state index contributed by atoms with van der Waals surface area (Å²) in [7, 11) is -0.781. The van der Waals surface area contributed by atoms with Crippen molar-refractivity contribution in [3.8, 4) is 11.4 Å². The Morgan fingerprint density at radius 2 is 1.82 bits per heavy atom. The second-order valence-corrected chi connectivity index (χ2v) is 8.62. The number of aryl methyl sites for hydroxylation is 2. The highest BCUT2D eigenvalue weighted by atomic mass is 32.2. The van der Waals surface area contributed by atoms with E-state index in [0.29, 0.717) is 0 Å². The van der Waals surface area contributed by atoms with Crippen LogP contribution in [-0.2, 0) is 14.8 Å². The number of sulfonamides is 1. The lowest BCUT2D eigenvalue weighted by molar-refractivity contribution is -0.111. The predicted octanol–water partition coefficient (Wildman–Crippen LogP) is 3.63. The predicted molar refractivity (Wildman–Crippen MR) is 127 cm³/mol. The highest BCUT2D eigenvalue weighted by molar-refractivity contribution is 7.89. The van der Waals surface area contributed by atoms with Gasteiger partial charge in [-0.05, 0) is 75.5 Å². The number of anilines is 1. The number of aromatic hydroxyl groups is 1. The third kappa shape index (κ3) is 6.82. The summed E-state index contributed by atoms with van der Waals surface area (Å²) in [4.78, 5) is 11.2. The molecule has 0 unspecified atom stereocenters. The summed E-state index contributed by atoms with van der Waals surface area (Å²) < 4.78 is 26.8. The first-order valence-corrected chi connectivity index (χ1v) is 11.2. The molecule has 3 N–H and O–H groups in total. The minimum Gasteiger partial charge on any atom is -0.506 e. The van der Waals surface area contributed by atoms with Crippen LogP contribution < -0.4 is 10.0 Å². The lowest BCUT2D eigenvalue weighted by atomic mass is 10.2. The summed E-state index contributed by atoms with van der Waals surface area (Å²) in [6.07, 6.45) is 1.24. The maximum absolute atomic E-state index is 11.4. The fraction of sp³-hybridized carbons (Fsp3) is 0.182. The molecule has 33 heavy (non-hydrogen) atoms. The van der Waals surface area contributed by atoms with E-state index in [0.717, 1.165) is 22.8 Å². The van der Waals surface area contributed by atoms with E-state index in [4.69, 9.17) is 0 Å². The molecule has 174 valence electrons. The fourth-order valence-electron chi connectivity index (χ4n) is 2.75. The molecule has 0 fully saturated rings. The summed E-state index contributed by atoms with van der Waals surface area (Å²) in [6, 6.07) is 13.3. The van der Waals surface area contributed by atoms with Gasteiger partial charge < -0.3 is 10.4 Å². The standard InChI is InChI=1S/C14H15N3O.C8H11N3O3S/c1-4-14(18)15-12-5-7-13(8-6-12)17-11(3)9-10(2)16-17;1-9-11-7-5-6(3-4-8(7)12)15(13,14)10-2/h4-9H,1H2,2-3H3,(H,15,18);3-5,10,12H,1-2H3. The number of benzene rings is 2. The average molecular weight is 471 g/mol. The van der Waals surface area contributed by atoms with Crippen molar-refractivity contribution in [2.45, 2.75) is 18.7 Å². The third-order valence-electron chi connectivity index (χ3n) is 4.31. The van der Waals surface area contributed by atoms with E-state index in [1.54, 1.807) is 0 Å². The van der Waals surface area contributed by atoms with Crippen molar-refractivity contribution in [3.05, 3.63) is 72.6 Å². The molecule has 0 aliphatic heterocycles. The Labute approximate surface area is 192 Å². The summed E-state index contributed by atoms with van der Waals surface area (Å²) in [5.74, 6) is -0.329.